The van der Waals surface area contributed by atoms with Crippen LogP contribution < -0.4 is 10.0 Å². The highest BCUT2D eigenvalue weighted by molar-refractivity contribution is 8.18. The molecule has 1 aromatic carbocycles. The van der Waals surface area contributed by atoms with Crippen molar-refractivity contribution in [3.63, 3.8) is 0 Å². The standard InChI is InChI=1S/C18H15N3O4S/c22-16(14-6-9-20(25)10-7-14)19-8-11-21-17(23)15(26-18(21)24)12-13-4-2-1-3-5-13/h1-7,9-10,12H,8,11H2,(H,19,22)/b15-12-. The summed E-state index contributed by atoms with van der Waals surface area (Å²) >= 11 is 0.882. The Morgan fingerprint density at radius 3 is 2.54 bits per heavy atom. The van der Waals surface area contributed by atoms with E-state index in [9.17, 15) is 19.6 Å². The van der Waals surface area contributed by atoms with Gasteiger partial charge in [-0.1, -0.05) is 30.3 Å². The molecule has 1 aromatic heterocycles. The molecule has 0 spiro atoms. The second-order valence-electron chi connectivity index (χ2n) is 5.45. The molecule has 0 unspecified atom stereocenters. The molecule has 1 saturated heterocycles. The van der Waals surface area contributed by atoms with Gasteiger partial charge in [-0.25, -0.2) is 0 Å². The number of pyridine rings is 1. The molecule has 2 heterocycles. The Morgan fingerprint density at radius 2 is 1.85 bits per heavy atom. The van der Waals surface area contributed by atoms with Gasteiger partial charge in [-0.05, 0) is 23.4 Å². The Labute approximate surface area is 153 Å². The summed E-state index contributed by atoms with van der Waals surface area (Å²) in [4.78, 5) is 37.9. The van der Waals surface area contributed by atoms with E-state index in [-0.39, 0.29) is 30.1 Å². The van der Waals surface area contributed by atoms with E-state index < -0.39 is 0 Å². The summed E-state index contributed by atoms with van der Waals surface area (Å²) in [5, 5.41) is 13.2. The van der Waals surface area contributed by atoms with Gasteiger partial charge in [0.1, 0.15) is 0 Å². The molecule has 3 amide bonds. The van der Waals surface area contributed by atoms with Crippen LogP contribution in [0.3, 0.4) is 0 Å². The van der Waals surface area contributed by atoms with Crippen molar-refractivity contribution < 1.29 is 19.1 Å². The Balaban J connectivity index is 1.57. The summed E-state index contributed by atoms with van der Waals surface area (Å²) in [5.41, 5.74) is 1.17. The van der Waals surface area contributed by atoms with Crippen molar-refractivity contribution in [1.82, 2.24) is 10.2 Å². The van der Waals surface area contributed by atoms with E-state index in [1.54, 1.807) is 6.08 Å². The maximum Gasteiger partial charge on any atom is 0.293 e. The first-order valence-electron chi connectivity index (χ1n) is 7.82. The number of carbonyl (C=O) groups excluding carboxylic acids is 3. The molecule has 0 bridgehead atoms. The minimum Gasteiger partial charge on any atom is -0.619 e. The van der Waals surface area contributed by atoms with Gasteiger partial charge >= 0.3 is 0 Å². The molecular formula is C18H15N3O4S. The second kappa shape index (κ2) is 7.83. The third-order valence-electron chi connectivity index (χ3n) is 3.66. The predicted octanol–water partition coefficient (Wildman–Crippen LogP) is 1.79. The van der Waals surface area contributed by atoms with Crippen LogP contribution in [0.2, 0.25) is 0 Å². The van der Waals surface area contributed by atoms with E-state index in [4.69, 9.17) is 0 Å². The highest BCUT2D eigenvalue weighted by Crippen LogP contribution is 2.31. The molecule has 2 aromatic rings. The monoisotopic (exact) mass is 369 g/mol. The molecule has 1 N–H and O–H groups in total. The van der Waals surface area contributed by atoms with Crippen molar-refractivity contribution in [1.29, 1.82) is 0 Å². The van der Waals surface area contributed by atoms with Gasteiger partial charge in [0, 0.05) is 25.2 Å². The van der Waals surface area contributed by atoms with Crippen molar-refractivity contribution in [2.75, 3.05) is 13.1 Å². The third kappa shape index (κ3) is 4.09. The van der Waals surface area contributed by atoms with Crippen LogP contribution in [0, 0.1) is 5.21 Å². The van der Waals surface area contributed by atoms with E-state index >= 15 is 0 Å². The molecule has 1 fully saturated rings. The van der Waals surface area contributed by atoms with E-state index in [2.05, 4.69) is 5.32 Å². The normalized spacial score (nSPS) is 15.5. The topological polar surface area (TPSA) is 93.4 Å². The van der Waals surface area contributed by atoms with E-state index in [0.29, 0.717) is 15.2 Å². The smallest absolute Gasteiger partial charge is 0.293 e. The number of rotatable bonds is 5. The number of imide groups is 1. The van der Waals surface area contributed by atoms with Gasteiger partial charge < -0.3 is 10.5 Å². The van der Waals surface area contributed by atoms with Crippen LogP contribution >= 0.6 is 11.8 Å². The molecule has 0 atom stereocenters. The zero-order valence-electron chi connectivity index (χ0n) is 13.6. The molecule has 7 nitrogen and oxygen atoms in total. The second-order valence-corrected chi connectivity index (χ2v) is 6.44. The maximum absolute atomic E-state index is 12.4. The fourth-order valence-corrected chi connectivity index (χ4v) is 3.21. The van der Waals surface area contributed by atoms with Crippen molar-refractivity contribution in [2.45, 2.75) is 0 Å². The molecule has 0 radical (unpaired) electrons. The number of carbonyl (C=O) groups is 3. The predicted molar refractivity (Wildman–Crippen MR) is 96.9 cm³/mol. The number of nitrogens with one attached hydrogen (secondary N) is 1. The van der Waals surface area contributed by atoms with E-state index in [1.807, 2.05) is 30.3 Å². The molecule has 0 aliphatic carbocycles. The molecular weight excluding hydrogens is 354 g/mol. The summed E-state index contributed by atoms with van der Waals surface area (Å²) in [6, 6.07) is 12.1. The number of benzene rings is 1. The van der Waals surface area contributed by atoms with Crippen molar-refractivity contribution in [3.05, 3.63) is 76.1 Å². The Hall–Kier alpha value is -3.13. The number of hydrogen-bond donors (Lipinski definition) is 1. The highest BCUT2D eigenvalue weighted by atomic mass is 32.2. The van der Waals surface area contributed by atoms with Crippen LogP contribution in [0.1, 0.15) is 15.9 Å². The van der Waals surface area contributed by atoms with Crippen molar-refractivity contribution >= 4 is 34.9 Å². The first kappa shape index (κ1) is 17.7. The first-order valence-corrected chi connectivity index (χ1v) is 8.64. The molecule has 26 heavy (non-hydrogen) atoms. The Kier molecular flexibility index (Phi) is 5.33. The molecule has 8 heteroatoms. The van der Waals surface area contributed by atoms with E-state index in [1.165, 1.54) is 24.5 Å². The van der Waals surface area contributed by atoms with Gasteiger partial charge in [0.25, 0.3) is 17.1 Å². The van der Waals surface area contributed by atoms with Crippen LogP contribution in [0.25, 0.3) is 6.08 Å². The molecule has 0 saturated carbocycles. The van der Waals surface area contributed by atoms with Gasteiger partial charge in [-0.3, -0.25) is 19.3 Å². The van der Waals surface area contributed by atoms with Gasteiger partial charge in [0.15, 0.2) is 12.4 Å². The summed E-state index contributed by atoms with van der Waals surface area (Å²) in [6.45, 7) is 0.207. The number of aromatic nitrogens is 1. The first-order chi connectivity index (χ1) is 12.5. The van der Waals surface area contributed by atoms with Gasteiger partial charge in [-0.2, -0.15) is 4.73 Å². The van der Waals surface area contributed by atoms with Gasteiger partial charge in [0.05, 0.1) is 10.5 Å². The summed E-state index contributed by atoms with van der Waals surface area (Å²) < 4.78 is 0.580. The fourth-order valence-electron chi connectivity index (χ4n) is 2.34. The Bertz CT molecular complexity index is 866. The van der Waals surface area contributed by atoms with Crippen molar-refractivity contribution in [3.8, 4) is 0 Å². The fraction of sp³-hybridized carbons (Fsp3) is 0.111. The molecule has 1 aliphatic heterocycles. The van der Waals surface area contributed by atoms with Crippen LogP contribution in [0.5, 0.6) is 0 Å². The van der Waals surface area contributed by atoms with Crippen LogP contribution in [-0.4, -0.2) is 35.0 Å². The van der Waals surface area contributed by atoms with Crippen LogP contribution in [0.4, 0.5) is 4.79 Å². The zero-order valence-corrected chi connectivity index (χ0v) is 14.4. The van der Waals surface area contributed by atoms with E-state index in [0.717, 1.165) is 22.2 Å². The van der Waals surface area contributed by atoms with Gasteiger partial charge in [0.2, 0.25) is 0 Å². The minimum absolute atomic E-state index is 0.0803. The van der Waals surface area contributed by atoms with Crippen LogP contribution in [0.15, 0.2) is 59.8 Å². The Morgan fingerprint density at radius 1 is 1.15 bits per heavy atom. The number of nitrogens with zero attached hydrogens (tertiary/aromatic N) is 2. The van der Waals surface area contributed by atoms with Crippen LogP contribution in [-0.2, 0) is 4.79 Å². The summed E-state index contributed by atoms with van der Waals surface area (Å²) in [5.74, 6) is -0.748. The summed E-state index contributed by atoms with van der Waals surface area (Å²) in [7, 11) is 0. The zero-order chi connectivity index (χ0) is 18.5. The molecule has 1 aliphatic rings. The largest absolute Gasteiger partial charge is 0.619 e. The molecule has 132 valence electrons. The quantitative estimate of drug-likeness (QED) is 0.493. The highest BCUT2D eigenvalue weighted by Gasteiger charge is 2.34. The average molecular weight is 369 g/mol. The van der Waals surface area contributed by atoms with Gasteiger partial charge in [-0.15, -0.1) is 0 Å². The lowest BCUT2D eigenvalue weighted by Crippen LogP contribution is -2.37. The number of hydrogen-bond acceptors (Lipinski definition) is 5. The lowest BCUT2D eigenvalue weighted by atomic mass is 10.2. The minimum atomic E-state index is -0.377. The number of thioether (sulfide) groups is 1. The maximum atomic E-state index is 12.4. The number of amides is 3. The lowest BCUT2D eigenvalue weighted by molar-refractivity contribution is -0.605. The van der Waals surface area contributed by atoms with Crippen molar-refractivity contribution in [2.24, 2.45) is 0 Å². The SMILES string of the molecule is O=C(NCCN1C(=O)S/C(=C\c2ccccc2)C1=O)c1cc[n+]([O-])cc1. The lowest BCUT2D eigenvalue weighted by Gasteiger charge is -2.12. The average Bonchev–Trinajstić information content (AvgIpc) is 2.90. The third-order valence-corrected chi connectivity index (χ3v) is 4.56. The molecule has 3 rings (SSSR count). The summed E-state index contributed by atoms with van der Waals surface area (Å²) in [6.07, 6.45) is 4.12.